The van der Waals surface area contributed by atoms with E-state index in [1.807, 2.05) is 24.3 Å². The quantitative estimate of drug-likeness (QED) is 0.563. The van der Waals surface area contributed by atoms with Crippen LogP contribution >= 0.6 is 11.6 Å². The number of hydrogen-bond acceptors (Lipinski definition) is 2. The fourth-order valence-electron chi connectivity index (χ4n) is 4.35. The van der Waals surface area contributed by atoms with Crippen molar-refractivity contribution in [2.24, 2.45) is 0 Å². The van der Waals surface area contributed by atoms with Gasteiger partial charge in [0.05, 0.1) is 6.04 Å². The van der Waals surface area contributed by atoms with E-state index in [0.717, 1.165) is 29.7 Å². The van der Waals surface area contributed by atoms with Crippen LogP contribution in [0.2, 0.25) is 5.02 Å². The molecule has 2 nitrogen and oxygen atoms in total. The number of halogens is 1. The van der Waals surface area contributed by atoms with Crippen LogP contribution in [0.25, 0.3) is 16.3 Å². The first kappa shape index (κ1) is 15.7. The number of carbonyl (C=O) groups excluding carboxylic acids is 1. The van der Waals surface area contributed by atoms with Gasteiger partial charge in [-0.05, 0) is 46.9 Å². The van der Waals surface area contributed by atoms with Crippen molar-refractivity contribution in [2.75, 3.05) is 5.32 Å². The fraction of sp³-hybridized carbons (Fsp3) is 0.174. The molecule has 0 saturated carbocycles. The van der Waals surface area contributed by atoms with Gasteiger partial charge in [-0.25, -0.2) is 0 Å². The minimum absolute atomic E-state index is 0.180. The zero-order valence-electron chi connectivity index (χ0n) is 14.3. The molecule has 3 heteroatoms. The van der Waals surface area contributed by atoms with Gasteiger partial charge >= 0.3 is 0 Å². The third kappa shape index (κ3) is 2.29. The van der Waals surface area contributed by atoms with E-state index in [1.165, 1.54) is 21.9 Å². The van der Waals surface area contributed by atoms with Gasteiger partial charge in [-0.2, -0.15) is 0 Å². The number of Topliss-reactive ketones (excluding diaryl/α,β-unsaturated/α-hetero) is 1. The Morgan fingerprint density at radius 2 is 1.73 bits per heavy atom. The molecule has 128 valence electrons. The lowest BCUT2D eigenvalue weighted by Crippen LogP contribution is -2.27. The monoisotopic (exact) mass is 359 g/mol. The maximum atomic E-state index is 12.9. The number of carbonyl (C=O) groups is 1. The van der Waals surface area contributed by atoms with E-state index in [9.17, 15) is 4.79 Å². The van der Waals surface area contributed by atoms with E-state index in [-0.39, 0.29) is 11.8 Å². The van der Waals surface area contributed by atoms with Crippen LogP contribution in [0.5, 0.6) is 0 Å². The third-order valence-electron chi connectivity index (χ3n) is 5.49. The van der Waals surface area contributed by atoms with Crippen LogP contribution in [0.4, 0.5) is 5.69 Å². The van der Waals surface area contributed by atoms with Crippen LogP contribution in [0.3, 0.4) is 0 Å². The molecule has 0 amide bonds. The molecule has 1 aliphatic heterocycles. The highest BCUT2D eigenvalue weighted by molar-refractivity contribution is 6.31. The van der Waals surface area contributed by atoms with Gasteiger partial charge in [0.25, 0.3) is 0 Å². The molecule has 1 atom stereocenters. The summed E-state index contributed by atoms with van der Waals surface area (Å²) < 4.78 is 0. The maximum Gasteiger partial charge on any atom is 0.161 e. The summed E-state index contributed by atoms with van der Waals surface area (Å²) in [4.78, 5) is 12.9. The van der Waals surface area contributed by atoms with Crippen LogP contribution in [0.15, 0.2) is 66.2 Å². The van der Waals surface area contributed by atoms with E-state index in [0.29, 0.717) is 11.4 Å². The molecule has 1 unspecified atom stereocenters. The van der Waals surface area contributed by atoms with Crippen molar-refractivity contribution in [2.45, 2.75) is 25.3 Å². The van der Waals surface area contributed by atoms with Gasteiger partial charge in [0.1, 0.15) is 0 Å². The highest BCUT2D eigenvalue weighted by Crippen LogP contribution is 2.48. The lowest BCUT2D eigenvalue weighted by molar-refractivity contribution is -0.116. The fourth-order valence-corrected chi connectivity index (χ4v) is 4.59. The van der Waals surface area contributed by atoms with Crippen molar-refractivity contribution >= 4 is 39.4 Å². The largest absolute Gasteiger partial charge is 0.373 e. The molecule has 2 aliphatic rings. The minimum Gasteiger partial charge on any atom is -0.373 e. The van der Waals surface area contributed by atoms with Crippen LogP contribution in [0, 0.1) is 0 Å². The summed E-state index contributed by atoms with van der Waals surface area (Å²) in [6, 6.07) is 20.3. The molecule has 1 aliphatic carbocycles. The summed E-state index contributed by atoms with van der Waals surface area (Å²) in [5.74, 6) is 0.238. The molecule has 0 aromatic heterocycles. The van der Waals surface area contributed by atoms with Gasteiger partial charge in [-0.3, -0.25) is 4.79 Å². The third-order valence-corrected chi connectivity index (χ3v) is 5.84. The highest BCUT2D eigenvalue weighted by Gasteiger charge is 2.35. The molecule has 3 aromatic carbocycles. The second-order valence-electron chi connectivity index (χ2n) is 6.98. The van der Waals surface area contributed by atoms with Gasteiger partial charge in [0.15, 0.2) is 5.78 Å². The van der Waals surface area contributed by atoms with E-state index < -0.39 is 0 Å². The molecule has 0 radical (unpaired) electrons. The second kappa shape index (κ2) is 6.00. The Kier molecular flexibility index (Phi) is 3.61. The predicted molar refractivity (Wildman–Crippen MR) is 108 cm³/mol. The zero-order chi connectivity index (χ0) is 17.7. The molecule has 1 heterocycles. The van der Waals surface area contributed by atoms with Crippen molar-refractivity contribution in [3.05, 3.63) is 82.4 Å². The molecule has 1 N–H and O–H groups in total. The Labute approximate surface area is 157 Å². The lowest BCUT2D eigenvalue weighted by atomic mass is 9.77. The van der Waals surface area contributed by atoms with E-state index in [1.54, 1.807) is 0 Å². The molecule has 0 bridgehead atoms. The Morgan fingerprint density at radius 3 is 2.62 bits per heavy atom. The number of rotatable bonds is 1. The van der Waals surface area contributed by atoms with Crippen molar-refractivity contribution in [1.29, 1.82) is 0 Å². The highest BCUT2D eigenvalue weighted by atomic mass is 35.5. The first-order valence-electron chi connectivity index (χ1n) is 9.03. The minimum atomic E-state index is -0.180. The number of hydrogen-bond donors (Lipinski definition) is 1. The van der Waals surface area contributed by atoms with Gasteiger partial charge in [0.2, 0.25) is 0 Å². The molecular weight excluding hydrogens is 342 g/mol. The van der Waals surface area contributed by atoms with Gasteiger partial charge in [-0.15, -0.1) is 0 Å². The number of benzene rings is 3. The number of fused-ring (bicyclic) bond motifs is 4. The first-order chi connectivity index (χ1) is 12.7. The summed E-state index contributed by atoms with van der Waals surface area (Å²) in [5, 5.41) is 6.72. The average Bonchev–Trinajstić information content (AvgIpc) is 2.67. The summed E-state index contributed by atoms with van der Waals surface area (Å²) in [6.45, 7) is 0. The summed E-state index contributed by atoms with van der Waals surface area (Å²) >= 11 is 6.48. The van der Waals surface area contributed by atoms with Crippen LogP contribution in [-0.4, -0.2) is 5.78 Å². The summed E-state index contributed by atoms with van der Waals surface area (Å²) in [6.07, 6.45) is 2.46. The van der Waals surface area contributed by atoms with Gasteiger partial charge in [0, 0.05) is 28.3 Å². The smallest absolute Gasteiger partial charge is 0.161 e. The zero-order valence-corrected chi connectivity index (χ0v) is 15.0. The van der Waals surface area contributed by atoms with Crippen molar-refractivity contribution < 1.29 is 4.79 Å². The first-order valence-corrected chi connectivity index (χ1v) is 9.41. The molecule has 0 spiro atoms. The maximum absolute atomic E-state index is 12.9. The molecule has 26 heavy (non-hydrogen) atoms. The Balaban J connectivity index is 1.81. The van der Waals surface area contributed by atoms with E-state index in [2.05, 4.69) is 41.7 Å². The number of nitrogens with one attached hydrogen (secondary N) is 1. The number of ketones is 1. The summed E-state index contributed by atoms with van der Waals surface area (Å²) in [7, 11) is 0. The molecule has 5 rings (SSSR count). The Hall–Kier alpha value is -2.58. The van der Waals surface area contributed by atoms with Gasteiger partial charge in [-0.1, -0.05) is 60.1 Å². The molecule has 0 fully saturated rings. The SMILES string of the molecule is O=C1CCCC2=C1C(c1ccccc1Cl)Nc1ccc3ccccc3c12. The number of anilines is 1. The van der Waals surface area contributed by atoms with Crippen molar-refractivity contribution in [3.63, 3.8) is 0 Å². The van der Waals surface area contributed by atoms with Crippen molar-refractivity contribution in [3.8, 4) is 0 Å². The Morgan fingerprint density at radius 1 is 0.923 bits per heavy atom. The van der Waals surface area contributed by atoms with Crippen molar-refractivity contribution in [1.82, 2.24) is 0 Å². The lowest BCUT2D eigenvalue weighted by Gasteiger charge is -2.35. The van der Waals surface area contributed by atoms with E-state index >= 15 is 0 Å². The molecule has 3 aromatic rings. The van der Waals surface area contributed by atoms with Crippen LogP contribution < -0.4 is 5.32 Å². The van der Waals surface area contributed by atoms with Crippen LogP contribution in [-0.2, 0) is 4.79 Å². The topological polar surface area (TPSA) is 29.1 Å². The Bertz CT molecular complexity index is 1080. The molecule has 0 saturated heterocycles. The van der Waals surface area contributed by atoms with Crippen LogP contribution in [0.1, 0.15) is 36.4 Å². The predicted octanol–water partition coefficient (Wildman–Crippen LogP) is 6.17. The van der Waals surface area contributed by atoms with Gasteiger partial charge < -0.3 is 5.32 Å². The standard InChI is InChI=1S/C23H18ClNO/c24-18-10-4-3-8-16(18)23-22-17(9-5-11-20(22)26)21-15-7-2-1-6-14(15)12-13-19(21)25-23/h1-4,6-8,10,12-13,23,25H,5,9,11H2. The normalized spacial score (nSPS) is 19.1. The second-order valence-corrected chi connectivity index (χ2v) is 7.38. The molecular formula is C23H18ClNO. The average molecular weight is 360 g/mol. The van der Waals surface area contributed by atoms with E-state index in [4.69, 9.17) is 11.6 Å². The summed E-state index contributed by atoms with van der Waals surface area (Å²) in [5.41, 5.74) is 5.33. The number of allylic oxidation sites excluding steroid dienone is 1.